The van der Waals surface area contributed by atoms with E-state index in [0.717, 1.165) is 38.5 Å². The van der Waals surface area contributed by atoms with E-state index < -0.39 is 9.05 Å². The van der Waals surface area contributed by atoms with Crippen LogP contribution in [0.3, 0.4) is 0 Å². The molecular formula is C16H23ClO3S. The zero-order valence-electron chi connectivity index (χ0n) is 12.3. The molecule has 118 valence electrons. The SMILES string of the molecule is O=S(=O)(Cl)CC1(COCCCc2ccccc2)CCCC1. The number of hydrogen-bond donors (Lipinski definition) is 0. The number of hydrogen-bond acceptors (Lipinski definition) is 3. The first-order chi connectivity index (χ1) is 9.99. The molecule has 0 unspecified atom stereocenters. The number of benzene rings is 1. The summed E-state index contributed by atoms with van der Waals surface area (Å²) in [5.41, 5.74) is 1.05. The second-order valence-electron chi connectivity index (χ2n) is 6.03. The van der Waals surface area contributed by atoms with E-state index >= 15 is 0 Å². The number of rotatable bonds is 8. The summed E-state index contributed by atoms with van der Waals surface area (Å²) in [4.78, 5) is 0. The quantitative estimate of drug-likeness (QED) is 0.538. The summed E-state index contributed by atoms with van der Waals surface area (Å²) >= 11 is 0. The first-order valence-electron chi connectivity index (χ1n) is 7.53. The first kappa shape index (κ1) is 16.8. The third-order valence-corrected chi connectivity index (χ3v) is 5.43. The number of halogens is 1. The molecule has 0 saturated heterocycles. The molecule has 1 aromatic rings. The molecule has 1 aliphatic rings. The van der Waals surface area contributed by atoms with Gasteiger partial charge in [0, 0.05) is 22.7 Å². The summed E-state index contributed by atoms with van der Waals surface area (Å²) in [6.45, 7) is 1.17. The van der Waals surface area contributed by atoms with Crippen LogP contribution in [0.25, 0.3) is 0 Å². The topological polar surface area (TPSA) is 43.4 Å². The summed E-state index contributed by atoms with van der Waals surface area (Å²) in [7, 11) is 1.98. The predicted molar refractivity (Wildman–Crippen MR) is 86.1 cm³/mol. The van der Waals surface area contributed by atoms with Crippen LogP contribution in [0.4, 0.5) is 0 Å². The smallest absolute Gasteiger partial charge is 0.233 e. The summed E-state index contributed by atoms with van der Waals surface area (Å²) in [6, 6.07) is 10.3. The van der Waals surface area contributed by atoms with Crippen molar-refractivity contribution in [2.24, 2.45) is 5.41 Å². The lowest BCUT2D eigenvalue weighted by atomic mass is 9.90. The van der Waals surface area contributed by atoms with Gasteiger partial charge in [0.2, 0.25) is 9.05 Å². The van der Waals surface area contributed by atoms with Gasteiger partial charge in [0.1, 0.15) is 0 Å². The van der Waals surface area contributed by atoms with Crippen LogP contribution < -0.4 is 0 Å². The van der Waals surface area contributed by atoms with E-state index in [9.17, 15) is 8.42 Å². The second-order valence-corrected chi connectivity index (χ2v) is 8.81. The normalized spacial score (nSPS) is 18.0. The van der Waals surface area contributed by atoms with Gasteiger partial charge in [-0.15, -0.1) is 0 Å². The fourth-order valence-corrected chi connectivity index (χ4v) is 4.93. The maximum Gasteiger partial charge on any atom is 0.233 e. The summed E-state index contributed by atoms with van der Waals surface area (Å²) < 4.78 is 28.5. The van der Waals surface area contributed by atoms with Crippen LogP contribution in [0.2, 0.25) is 0 Å². The number of aryl methyl sites for hydroxylation is 1. The van der Waals surface area contributed by atoms with Crippen LogP contribution in [0.15, 0.2) is 30.3 Å². The highest BCUT2D eigenvalue weighted by Crippen LogP contribution is 2.40. The highest BCUT2D eigenvalue weighted by atomic mass is 35.7. The molecule has 0 radical (unpaired) electrons. The lowest BCUT2D eigenvalue weighted by molar-refractivity contribution is 0.0569. The Bertz CT molecular complexity index is 522. The van der Waals surface area contributed by atoms with Gasteiger partial charge in [0.05, 0.1) is 12.4 Å². The van der Waals surface area contributed by atoms with E-state index in [2.05, 4.69) is 12.1 Å². The third-order valence-electron chi connectivity index (χ3n) is 4.15. The van der Waals surface area contributed by atoms with Gasteiger partial charge in [0.25, 0.3) is 0 Å². The molecule has 3 nitrogen and oxygen atoms in total. The number of ether oxygens (including phenoxy) is 1. The Labute approximate surface area is 132 Å². The van der Waals surface area contributed by atoms with E-state index in [1.807, 2.05) is 18.2 Å². The minimum atomic E-state index is -3.46. The fraction of sp³-hybridized carbons (Fsp3) is 0.625. The van der Waals surface area contributed by atoms with Crippen molar-refractivity contribution >= 4 is 19.7 Å². The minimum Gasteiger partial charge on any atom is -0.381 e. The average molecular weight is 331 g/mol. The largest absolute Gasteiger partial charge is 0.381 e. The molecule has 1 aromatic carbocycles. The van der Waals surface area contributed by atoms with Crippen molar-refractivity contribution in [2.75, 3.05) is 19.0 Å². The standard InChI is InChI=1S/C16H23ClO3S/c17-21(18,19)14-16(10-4-5-11-16)13-20-12-6-9-15-7-2-1-3-8-15/h1-3,7-8H,4-6,9-14H2. The van der Waals surface area contributed by atoms with Crippen LogP contribution in [-0.2, 0) is 20.2 Å². The van der Waals surface area contributed by atoms with Gasteiger partial charge in [-0.25, -0.2) is 8.42 Å². The Morgan fingerprint density at radius 2 is 1.81 bits per heavy atom. The molecule has 21 heavy (non-hydrogen) atoms. The van der Waals surface area contributed by atoms with Crippen LogP contribution in [0.1, 0.15) is 37.7 Å². The highest BCUT2D eigenvalue weighted by Gasteiger charge is 2.38. The Hall–Kier alpha value is -0.580. The molecule has 0 spiro atoms. The molecule has 0 aliphatic heterocycles. The first-order valence-corrected chi connectivity index (χ1v) is 10.0. The van der Waals surface area contributed by atoms with E-state index in [4.69, 9.17) is 15.4 Å². The summed E-state index contributed by atoms with van der Waals surface area (Å²) in [6.07, 6.45) is 5.88. The van der Waals surface area contributed by atoms with Gasteiger partial charge in [0.15, 0.2) is 0 Å². The fourth-order valence-electron chi connectivity index (χ4n) is 3.13. The van der Waals surface area contributed by atoms with E-state index in [-0.39, 0.29) is 11.2 Å². The molecule has 1 fully saturated rings. The van der Waals surface area contributed by atoms with Crippen molar-refractivity contribution in [2.45, 2.75) is 38.5 Å². The summed E-state index contributed by atoms with van der Waals surface area (Å²) in [5, 5.41) is 0. The Balaban J connectivity index is 1.73. The molecule has 0 aromatic heterocycles. The Morgan fingerprint density at radius 3 is 2.43 bits per heavy atom. The van der Waals surface area contributed by atoms with Crippen molar-refractivity contribution < 1.29 is 13.2 Å². The monoisotopic (exact) mass is 330 g/mol. The molecule has 0 heterocycles. The van der Waals surface area contributed by atoms with Gasteiger partial charge in [-0.2, -0.15) is 0 Å². The van der Waals surface area contributed by atoms with Crippen LogP contribution in [0, 0.1) is 5.41 Å². The van der Waals surface area contributed by atoms with Crippen molar-refractivity contribution in [1.29, 1.82) is 0 Å². The molecule has 1 saturated carbocycles. The van der Waals surface area contributed by atoms with Gasteiger partial charge in [-0.1, -0.05) is 43.2 Å². The van der Waals surface area contributed by atoms with Gasteiger partial charge >= 0.3 is 0 Å². The third kappa shape index (κ3) is 5.97. The van der Waals surface area contributed by atoms with Crippen LogP contribution in [0.5, 0.6) is 0 Å². The zero-order chi connectivity index (χ0) is 15.2. The molecule has 0 atom stereocenters. The van der Waals surface area contributed by atoms with Crippen LogP contribution >= 0.6 is 10.7 Å². The maximum absolute atomic E-state index is 11.4. The summed E-state index contributed by atoms with van der Waals surface area (Å²) in [5.74, 6) is 0.0419. The van der Waals surface area contributed by atoms with Gasteiger partial charge in [-0.3, -0.25) is 0 Å². The zero-order valence-corrected chi connectivity index (χ0v) is 13.8. The highest BCUT2D eigenvalue weighted by molar-refractivity contribution is 8.13. The van der Waals surface area contributed by atoms with E-state index in [1.165, 1.54) is 5.56 Å². The van der Waals surface area contributed by atoms with Gasteiger partial charge in [-0.05, 0) is 31.2 Å². The van der Waals surface area contributed by atoms with E-state index in [0.29, 0.717) is 13.2 Å². The van der Waals surface area contributed by atoms with Crippen molar-refractivity contribution in [3.8, 4) is 0 Å². The molecule has 0 amide bonds. The molecule has 0 N–H and O–H groups in total. The molecular weight excluding hydrogens is 308 g/mol. The Kier molecular flexibility index (Phi) is 6.08. The molecule has 5 heteroatoms. The van der Waals surface area contributed by atoms with Crippen molar-refractivity contribution in [3.05, 3.63) is 35.9 Å². The lowest BCUT2D eigenvalue weighted by Crippen LogP contribution is -2.31. The maximum atomic E-state index is 11.4. The Morgan fingerprint density at radius 1 is 1.14 bits per heavy atom. The van der Waals surface area contributed by atoms with Gasteiger partial charge < -0.3 is 4.74 Å². The second kappa shape index (κ2) is 7.61. The predicted octanol–water partition coefficient (Wildman–Crippen LogP) is 3.76. The van der Waals surface area contributed by atoms with Crippen molar-refractivity contribution in [3.63, 3.8) is 0 Å². The molecule has 2 rings (SSSR count). The lowest BCUT2D eigenvalue weighted by Gasteiger charge is -2.27. The minimum absolute atomic E-state index is 0.0419. The molecule has 1 aliphatic carbocycles. The van der Waals surface area contributed by atoms with Crippen molar-refractivity contribution in [1.82, 2.24) is 0 Å². The van der Waals surface area contributed by atoms with E-state index in [1.54, 1.807) is 0 Å². The molecule has 0 bridgehead atoms. The average Bonchev–Trinajstić information content (AvgIpc) is 2.86. The van der Waals surface area contributed by atoms with Crippen LogP contribution in [-0.4, -0.2) is 27.4 Å².